The number of nitrogens with one attached hydrogen (secondary N) is 1. The van der Waals surface area contributed by atoms with Crippen LogP contribution in [-0.4, -0.2) is 39.0 Å². The maximum absolute atomic E-state index is 11.6. The molecule has 0 fully saturated rings. The van der Waals surface area contributed by atoms with Gasteiger partial charge in [-0.3, -0.25) is 0 Å². The Labute approximate surface area is 75.4 Å². The zero-order valence-electron chi connectivity index (χ0n) is 7.53. The van der Waals surface area contributed by atoms with Crippen LogP contribution in [-0.2, 0) is 4.74 Å². The summed E-state index contributed by atoms with van der Waals surface area (Å²) in [5, 5.41) is 2.62. The van der Waals surface area contributed by atoms with Crippen LogP contribution in [0.15, 0.2) is 0 Å². The molecule has 0 amide bonds. The van der Waals surface area contributed by atoms with Crippen LogP contribution in [0.25, 0.3) is 0 Å². The van der Waals surface area contributed by atoms with E-state index in [0.717, 1.165) is 0 Å². The molecule has 0 aliphatic carbocycles. The molecular formula is C7H15F3N2O. The first-order chi connectivity index (χ1) is 5.99. The second-order valence-corrected chi connectivity index (χ2v) is 2.66. The normalized spacial score (nSPS) is 14.5. The average Bonchev–Trinajstić information content (AvgIpc) is 2.03. The van der Waals surface area contributed by atoms with Gasteiger partial charge in [0.1, 0.15) is 0 Å². The van der Waals surface area contributed by atoms with Crippen molar-refractivity contribution in [2.45, 2.75) is 18.7 Å². The molecular weight excluding hydrogens is 185 g/mol. The van der Waals surface area contributed by atoms with Gasteiger partial charge in [-0.05, 0) is 0 Å². The lowest BCUT2D eigenvalue weighted by molar-refractivity contribution is -0.133. The molecule has 0 saturated heterocycles. The molecule has 3 nitrogen and oxygen atoms in total. The van der Waals surface area contributed by atoms with Gasteiger partial charge in [0.25, 0.3) is 0 Å². The van der Waals surface area contributed by atoms with Gasteiger partial charge in [-0.15, -0.1) is 0 Å². The molecule has 0 rings (SSSR count). The molecule has 0 saturated carbocycles. The van der Waals surface area contributed by atoms with Crippen molar-refractivity contribution in [3.63, 3.8) is 0 Å². The van der Waals surface area contributed by atoms with E-state index >= 15 is 0 Å². The van der Waals surface area contributed by atoms with Crippen molar-refractivity contribution in [2.75, 3.05) is 26.7 Å². The third kappa shape index (κ3) is 8.01. The maximum Gasteiger partial charge on any atom is 0.390 e. The van der Waals surface area contributed by atoms with Crippen molar-refractivity contribution in [2.24, 2.45) is 5.73 Å². The summed E-state index contributed by atoms with van der Waals surface area (Å²) >= 11 is 0. The summed E-state index contributed by atoms with van der Waals surface area (Å²) in [5.74, 6) is 0. The van der Waals surface area contributed by atoms with Crippen LogP contribution >= 0.6 is 0 Å². The predicted molar refractivity (Wildman–Crippen MR) is 43.4 cm³/mol. The van der Waals surface area contributed by atoms with Crippen molar-refractivity contribution in [1.82, 2.24) is 5.32 Å². The molecule has 6 heteroatoms. The minimum absolute atomic E-state index is 0.0939. The summed E-state index contributed by atoms with van der Waals surface area (Å²) in [6.45, 7) is 0.557. The van der Waals surface area contributed by atoms with Gasteiger partial charge in [0.05, 0.1) is 12.5 Å². The summed E-state index contributed by atoms with van der Waals surface area (Å²) in [6.07, 6.45) is -5.14. The number of alkyl halides is 3. The van der Waals surface area contributed by atoms with E-state index in [1.807, 2.05) is 0 Å². The molecule has 0 aromatic carbocycles. The van der Waals surface area contributed by atoms with E-state index < -0.39 is 12.6 Å². The first-order valence-corrected chi connectivity index (χ1v) is 4.00. The zero-order chi connectivity index (χ0) is 10.3. The molecule has 1 atom stereocenters. The van der Waals surface area contributed by atoms with Crippen molar-refractivity contribution in [1.29, 1.82) is 0 Å². The molecule has 0 aromatic rings. The summed E-state index contributed by atoms with van der Waals surface area (Å²) in [7, 11) is 1.48. The van der Waals surface area contributed by atoms with E-state index in [0.29, 0.717) is 13.1 Å². The first-order valence-electron chi connectivity index (χ1n) is 4.00. The van der Waals surface area contributed by atoms with Gasteiger partial charge in [-0.2, -0.15) is 13.2 Å². The Morgan fingerprint density at radius 3 is 2.46 bits per heavy atom. The van der Waals surface area contributed by atoms with Gasteiger partial charge in [0.2, 0.25) is 0 Å². The van der Waals surface area contributed by atoms with Crippen LogP contribution < -0.4 is 11.1 Å². The molecule has 0 spiro atoms. The average molecular weight is 200 g/mol. The number of nitrogens with two attached hydrogens (primary N) is 1. The minimum Gasteiger partial charge on any atom is -0.379 e. The highest BCUT2D eigenvalue weighted by molar-refractivity contribution is 4.62. The quantitative estimate of drug-likeness (QED) is 0.614. The Kier molecular flexibility index (Phi) is 6.02. The lowest BCUT2D eigenvalue weighted by Crippen LogP contribution is -2.35. The van der Waals surface area contributed by atoms with Crippen LogP contribution in [0.4, 0.5) is 13.2 Å². The van der Waals surface area contributed by atoms with Crippen molar-refractivity contribution in [3.8, 4) is 0 Å². The van der Waals surface area contributed by atoms with Gasteiger partial charge in [0.15, 0.2) is 0 Å². The minimum atomic E-state index is -4.10. The maximum atomic E-state index is 11.6. The third-order valence-corrected chi connectivity index (χ3v) is 1.55. The van der Waals surface area contributed by atoms with Crippen molar-refractivity contribution >= 4 is 0 Å². The van der Waals surface area contributed by atoms with E-state index in [1.165, 1.54) is 7.11 Å². The molecule has 80 valence electrons. The van der Waals surface area contributed by atoms with Crippen LogP contribution in [0.1, 0.15) is 6.42 Å². The second-order valence-electron chi connectivity index (χ2n) is 2.66. The first kappa shape index (κ1) is 12.7. The Hall–Kier alpha value is -0.330. The van der Waals surface area contributed by atoms with Crippen LogP contribution in [0.3, 0.4) is 0 Å². The van der Waals surface area contributed by atoms with E-state index in [4.69, 9.17) is 10.5 Å². The number of ether oxygens (including phenoxy) is 1. The van der Waals surface area contributed by atoms with E-state index in [1.54, 1.807) is 0 Å². The zero-order valence-corrected chi connectivity index (χ0v) is 7.53. The lowest BCUT2D eigenvalue weighted by atomic mass is 10.3. The van der Waals surface area contributed by atoms with Crippen LogP contribution in [0, 0.1) is 0 Å². The smallest absolute Gasteiger partial charge is 0.379 e. The monoisotopic (exact) mass is 200 g/mol. The Morgan fingerprint density at radius 2 is 2.08 bits per heavy atom. The molecule has 0 aliphatic heterocycles. The van der Waals surface area contributed by atoms with Gasteiger partial charge < -0.3 is 15.8 Å². The SMILES string of the molecule is COC(CN)CNCCC(F)(F)F. The molecule has 0 radical (unpaired) electrons. The second kappa shape index (κ2) is 6.17. The molecule has 0 aromatic heterocycles. The molecule has 0 bridgehead atoms. The van der Waals surface area contributed by atoms with E-state index in [9.17, 15) is 13.2 Å². The van der Waals surface area contributed by atoms with Crippen LogP contribution in [0.5, 0.6) is 0 Å². The Morgan fingerprint density at radius 1 is 1.46 bits per heavy atom. The number of hydrogen-bond donors (Lipinski definition) is 2. The highest BCUT2D eigenvalue weighted by Crippen LogP contribution is 2.17. The van der Waals surface area contributed by atoms with Crippen molar-refractivity contribution in [3.05, 3.63) is 0 Å². The molecule has 0 aliphatic rings. The van der Waals surface area contributed by atoms with Gasteiger partial charge in [-0.25, -0.2) is 0 Å². The number of halogens is 3. The Bertz CT molecular complexity index is 125. The van der Waals surface area contributed by atoms with E-state index in [-0.39, 0.29) is 12.6 Å². The van der Waals surface area contributed by atoms with Crippen LogP contribution in [0.2, 0.25) is 0 Å². The largest absolute Gasteiger partial charge is 0.390 e. The predicted octanol–water partition coefficient (Wildman–Crippen LogP) is 0.502. The van der Waals surface area contributed by atoms with E-state index in [2.05, 4.69) is 5.32 Å². The highest BCUT2D eigenvalue weighted by atomic mass is 19.4. The molecule has 13 heavy (non-hydrogen) atoms. The number of hydrogen-bond acceptors (Lipinski definition) is 3. The fourth-order valence-corrected chi connectivity index (χ4v) is 0.756. The molecule has 3 N–H and O–H groups in total. The number of methoxy groups -OCH3 is 1. The van der Waals surface area contributed by atoms with Gasteiger partial charge >= 0.3 is 6.18 Å². The lowest BCUT2D eigenvalue weighted by Gasteiger charge is -2.14. The fraction of sp³-hybridized carbons (Fsp3) is 1.00. The molecule has 0 heterocycles. The van der Waals surface area contributed by atoms with Crippen molar-refractivity contribution < 1.29 is 17.9 Å². The fourth-order valence-electron chi connectivity index (χ4n) is 0.756. The number of rotatable bonds is 6. The van der Waals surface area contributed by atoms with Gasteiger partial charge in [-0.1, -0.05) is 0 Å². The Balaban J connectivity index is 3.34. The summed E-state index contributed by atoms with van der Waals surface area (Å²) in [4.78, 5) is 0. The summed E-state index contributed by atoms with van der Waals surface area (Å²) in [5.41, 5.74) is 5.26. The standard InChI is InChI=1S/C7H15F3N2O/c1-13-6(4-11)5-12-3-2-7(8,9)10/h6,12H,2-5,11H2,1H3. The summed E-state index contributed by atoms with van der Waals surface area (Å²) < 4.78 is 39.8. The highest BCUT2D eigenvalue weighted by Gasteiger charge is 2.25. The molecule has 1 unspecified atom stereocenters. The topological polar surface area (TPSA) is 47.3 Å². The third-order valence-electron chi connectivity index (χ3n) is 1.55. The summed E-state index contributed by atoms with van der Waals surface area (Å²) in [6, 6.07) is 0. The van der Waals surface area contributed by atoms with Gasteiger partial charge in [0, 0.05) is 26.7 Å².